The van der Waals surface area contributed by atoms with Gasteiger partial charge in [0.25, 0.3) is 0 Å². The Morgan fingerprint density at radius 2 is 1.80 bits per heavy atom. The summed E-state index contributed by atoms with van der Waals surface area (Å²) in [7, 11) is 7.19. The fraction of sp³-hybridized carbons (Fsp3) is 0.320. The maximum atomic E-state index is 13.0. The van der Waals surface area contributed by atoms with Gasteiger partial charge in [-0.1, -0.05) is 43.7 Å². The molecule has 160 valence electrons. The lowest BCUT2D eigenvalue weighted by atomic mass is 9.83. The molecule has 0 atom stereocenters. The summed E-state index contributed by atoms with van der Waals surface area (Å²) < 4.78 is 10.8. The second-order valence-electron chi connectivity index (χ2n) is 7.96. The van der Waals surface area contributed by atoms with Gasteiger partial charge < -0.3 is 14.4 Å². The van der Waals surface area contributed by atoms with Gasteiger partial charge in [0.1, 0.15) is 11.5 Å². The Bertz CT molecular complexity index is 961. The molecule has 2 aromatic rings. The molecule has 0 aliphatic heterocycles. The summed E-state index contributed by atoms with van der Waals surface area (Å²) in [6, 6.07) is 9.34. The van der Waals surface area contributed by atoms with Crippen molar-refractivity contribution in [2.75, 3.05) is 28.3 Å². The number of carbonyl (C=O) groups is 1. The number of methoxy groups -OCH3 is 2. The first-order valence-electron chi connectivity index (χ1n) is 9.68. The standard InChI is InChI=1S/C25H30ClNO3/c1-8-25(2,3)20-14-19(24(30-7)15-21(20)26)22(28)11-9-17-10-12-23(29-6)18(13-17)16-27(4)5/h8-15H,1,16H2,2-7H3/b11-9+. The number of benzene rings is 2. The number of hydrogen-bond acceptors (Lipinski definition) is 4. The minimum atomic E-state index is -0.376. The number of nitrogens with zero attached hydrogens (tertiary/aromatic N) is 1. The highest BCUT2D eigenvalue weighted by atomic mass is 35.5. The molecule has 4 nitrogen and oxygen atoms in total. The maximum absolute atomic E-state index is 13.0. The van der Waals surface area contributed by atoms with Crippen LogP contribution < -0.4 is 9.47 Å². The fourth-order valence-electron chi connectivity index (χ4n) is 3.15. The van der Waals surface area contributed by atoms with Crippen LogP contribution in [0.2, 0.25) is 5.02 Å². The van der Waals surface area contributed by atoms with E-state index in [0.717, 1.165) is 29.0 Å². The SMILES string of the molecule is C=CC(C)(C)c1cc(C(=O)/C=C/c2ccc(OC)c(CN(C)C)c2)c(OC)cc1Cl. The number of carbonyl (C=O) groups excluding carboxylic acids is 1. The lowest BCUT2D eigenvalue weighted by Crippen LogP contribution is -2.15. The van der Waals surface area contributed by atoms with Crippen LogP contribution in [0.3, 0.4) is 0 Å². The third kappa shape index (κ3) is 5.53. The quantitative estimate of drug-likeness (QED) is 0.289. The van der Waals surface area contributed by atoms with E-state index < -0.39 is 0 Å². The van der Waals surface area contributed by atoms with Gasteiger partial charge in [-0.15, -0.1) is 6.58 Å². The second kappa shape index (κ2) is 9.96. The van der Waals surface area contributed by atoms with Crippen LogP contribution in [0.25, 0.3) is 6.08 Å². The summed E-state index contributed by atoms with van der Waals surface area (Å²) >= 11 is 6.44. The van der Waals surface area contributed by atoms with Gasteiger partial charge >= 0.3 is 0 Å². The van der Waals surface area contributed by atoms with E-state index in [9.17, 15) is 4.79 Å². The van der Waals surface area contributed by atoms with Crippen LogP contribution in [-0.4, -0.2) is 39.0 Å². The van der Waals surface area contributed by atoms with Crippen molar-refractivity contribution in [1.82, 2.24) is 4.90 Å². The molecule has 0 aliphatic carbocycles. The molecular formula is C25H30ClNO3. The van der Waals surface area contributed by atoms with E-state index >= 15 is 0 Å². The number of hydrogen-bond donors (Lipinski definition) is 0. The van der Waals surface area contributed by atoms with Gasteiger partial charge in [-0.25, -0.2) is 0 Å². The first kappa shape index (κ1) is 23.7. The fourth-order valence-corrected chi connectivity index (χ4v) is 3.55. The third-order valence-electron chi connectivity index (χ3n) is 4.98. The molecule has 0 bridgehead atoms. The summed E-state index contributed by atoms with van der Waals surface area (Å²) in [4.78, 5) is 15.1. The molecule has 2 rings (SSSR count). The van der Waals surface area contributed by atoms with Gasteiger partial charge in [-0.3, -0.25) is 4.79 Å². The van der Waals surface area contributed by atoms with Crippen LogP contribution in [0, 0.1) is 0 Å². The van der Waals surface area contributed by atoms with E-state index in [1.165, 1.54) is 7.11 Å². The Balaban J connectivity index is 2.41. The average molecular weight is 428 g/mol. The zero-order chi connectivity index (χ0) is 22.5. The summed E-state index contributed by atoms with van der Waals surface area (Å²) in [5.74, 6) is 1.11. The Morgan fingerprint density at radius 1 is 1.13 bits per heavy atom. The van der Waals surface area contributed by atoms with Crippen LogP contribution in [0.1, 0.15) is 40.9 Å². The largest absolute Gasteiger partial charge is 0.496 e. The smallest absolute Gasteiger partial charge is 0.189 e. The van der Waals surface area contributed by atoms with Gasteiger partial charge in [0.15, 0.2) is 5.78 Å². The monoisotopic (exact) mass is 427 g/mol. The van der Waals surface area contributed by atoms with E-state index in [0.29, 0.717) is 16.3 Å². The summed E-state index contributed by atoms with van der Waals surface area (Å²) in [5, 5.41) is 0.542. The van der Waals surface area contributed by atoms with E-state index in [1.807, 2.05) is 52.2 Å². The molecule has 0 heterocycles. The third-order valence-corrected chi connectivity index (χ3v) is 5.29. The van der Waals surface area contributed by atoms with Crippen molar-refractivity contribution in [1.29, 1.82) is 0 Å². The molecule has 0 fully saturated rings. The lowest BCUT2D eigenvalue weighted by molar-refractivity contribution is 0.104. The topological polar surface area (TPSA) is 38.8 Å². The molecule has 0 saturated carbocycles. The Labute approximate surface area is 184 Å². The number of halogens is 1. The molecule has 0 radical (unpaired) electrons. The molecule has 30 heavy (non-hydrogen) atoms. The van der Waals surface area contributed by atoms with Gasteiger partial charge in [-0.05, 0) is 55.6 Å². The minimum absolute atomic E-state index is 0.158. The summed E-state index contributed by atoms with van der Waals surface area (Å²) in [6.45, 7) is 8.63. The first-order chi connectivity index (χ1) is 14.1. The molecule has 0 aliphatic rings. The molecular weight excluding hydrogens is 398 g/mol. The first-order valence-corrected chi connectivity index (χ1v) is 10.1. The van der Waals surface area contributed by atoms with E-state index in [1.54, 1.807) is 31.4 Å². The van der Waals surface area contributed by atoms with Gasteiger partial charge in [0.2, 0.25) is 0 Å². The highest BCUT2D eigenvalue weighted by Crippen LogP contribution is 2.36. The molecule has 2 aromatic carbocycles. The van der Waals surface area contributed by atoms with Crippen molar-refractivity contribution in [2.24, 2.45) is 0 Å². The van der Waals surface area contributed by atoms with Crippen molar-refractivity contribution in [2.45, 2.75) is 25.8 Å². The van der Waals surface area contributed by atoms with Crippen molar-refractivity contribution in [3.63, 3.8) is 0 Å². The van der Waals surface area contributed by atoms with Crippen molar-refractivity contribution < 1.29 is 14.3 Å². The van der Waals surface area contributed by atoms with Crippen LogP contribution in [-0.2, 0) is 12.0 Å². The van der Waals surface area contributed by atoms with E-state index in [-0.39, 0.29) is 11.2 Å². The predicted molar refractivity (Wildman–Crippen MR) is 125 cm³/mol. The van der Waals surface area contributed by atoms with Crippen LogP contribution in [0.5, 0.6) is 11.5 Å². The van der Waals surface area contributed by atoms with Crippen molar-refractivity contribution >= 4 is 23.5 Å². The van der Waals surface area contributed by atoms with Crippen LogP contribution in [0.4, 0.5) is 0 Å². The Kier molecular flexibility index (Phi) is 7.88. The highest BCUT2D eigenvalue weighted by Gasteiger charge is 2.23. The van der Waals surface area contributed by atoms with Crippen LogP contribution in [0.15, 0.2) is 49.1 Å². The predicted octanol–water partition coefficient (Wildman–Crippen LogP) is 5.78. The zero-order valence-electron chi connectivity index (χ0n) is 18.6. The minimum Gasteiger partial charge on any atom is -0.496 e. The van der Waals surface area contributed by atoms with Crippen molar-refractivity contribution in [3.8, 4) is 11.5 Å². The van der Waals surface area contributed by atoms with E-state index in [2.05, 4.69) is 11.5 Å². The molecule has 0 saturated heterocycles. The van der Waals surface area contributed by atoms with E-state index in [4.69, 9.17) is 21.1 Å². The molecule has 5 heteroatoms. The maximum Gasteiger partial charge on any atom is 0.189 e. The lowest BCUT2D eigenvalue weighted by Gasteiger charge is -2.23. The molecule has 0 unspecified atom stereocenters. The number of rotatable bonds is 9. The number of allylic oxidation sites excluding steroid dienone is 2. The van der Waals surface area contributed by atoms with Gasteiger partial charge in [0, 0.05) is 22.5 Å². The second-order valence-corrected chi connectivity index (χ2v) is 8.37. The molecule has 0 spiro atoms. The van der Waals surface area contributed by atoms with Crippen LogP contribution >= 0.6 is 11.6 Å². The Hall–Kier alpha value is -2.56. The molecule has 0 aromatic heterocycles. The molecule has 0 N–H and O–H groups in total. The summed E-state index contributed by atoms with van der Waals surface area (Å²) in [5.41, 5.74) is 2.88. The van der Waals surface area contributed by atoms with Gasteiger partial charge in [0.05, 0.1) is 19.8 Å². The normalized spacial score (nSPS) is 11.7. The zero-order valence-corrected chi connectivity index (χ0v) is 19.3. The Morgan fingerprint density at radius 3 is 2.37 bits per heavy atom. The average Bonchev–Trinajstić information content (AvgIpc) is 2.71. The number of ether oxygens (including phenoxy) is 2. The summed E-state index contributed by atoms with van der Waals surface area (Å²) in [6.07, 6.45) is 5.17. The number of ketones is 1. The van der Waals surface area contributed by atoms with Gasteiger partial charge in [-0.2, -0.15) is 0 Å². The highest BCUT2D eigenvalue weighted by molar-refractivity contribution is 6.32. The van der Waals surface area contributed by atoms with Crippen molar-refractivity contribution in [3.05, 3.63) is 76.3 Å². The molecule has 0 amide bonds.